The summed E-state index contributed by atoms with van der Waals surface area (Å²) in [6, 6.07) is 12.5. The van der Waals surface area contributed by atoms with Crippen molar-refractivity contribution in [3.05, 3.63) is 71.3 Å². The van der Waals surface area contributed by atoms with E-state index in [1.54, 1.807) is 34.9 Å². The van der Waals surface area contributed by atoms with Crippen LogP contribution in [0.1, 0.15) is 53.7 Å². The summed E-state index contributed by atoms with van der Waals surface area (Å²) in [5.41, 5.74) is 1.02. The van der Waals surface area contributed by atoms with Gasteiger partial charge in [0.05, 0.1) is 17.4 Å². The molecule has 0 bridgehead atoms. The quantitative estimate of drug-likeness (QED) is 0.333. The van der Waals surface area contributed by atoms with E-state index in [4.69, 9.17) is 0 Å². The Morgan fingerprint density at radius 3 is 2.53 bits per heavy atom. The van der Waals surface area contributed by atoms with Gasteiger partial charge in [0.1, 0.15) is 5.82 Å². The SMILES string of the molecule is CCC(Sc1nnc(CNC(=O)c2ccccc2F)n1CC)C(=O)Nc1cccc(C(C)=O)c1. The molecule has 1 aromatic heterocycles. The maximum absolute atomic E-state index is 13.8. The maximum Gasteiger partial charge on any atom is 0.254 e. The van der Waals surface area contributed by atoms with E-state index in [1.165, 1.54) is 36.9 Å². The number of thioether (sulfide) groups is 1. The minimum Gasteiger partial charge on any atom is -0.345 e. The number of amides is 2. The van der Waals surface area contributed by atoms with Gasteiger partial charge in [0.25, 0.3) is 5.91 Å². The molecule has 10 heteroatoms. The van der Waals surface area contributed by atoms with Crippen LogP contribution < -0.4 is 10.6 Å². The molecule has 34 heavy (non-hydrogen) atoms. The molecule has 0 aliphatic rings. The Morgan fingerprint density at radius 2 is 1.85 bits per heavy atom. The van der Waals surface area contributed by atoms with Crippen LogP contribution >= 0.6 is 11.8 Å². The van der Waals surface area contributed by atoms with Crippen molar-refractivity contribution in [3.8, 4) is 0 Å². The molecule has 0 spiro atoms. The molecule has 1 heterocycles. The lowest BCUT2D eigenvalue weighted by Gasteiger charge is -2.15. The zero-order valence-electron chi connectivity index (χ0n) is 19.2. The van der Waals surface area contributed by atoms with E-state index in [1.807, 2.05) is 13.8 Å². The van der Waals surface area contributed by atoms with E-state index in [2.05, 4.69) is 20.8 Å². The molecule has 2 N–H and O–H groups in total. The van der Waals surface area contributed by atoms with Crippen molar-refractivity contribution in [2.24, 2.45) is 0 Å². The Bertz CT molecular complexity index is 1200. The average molecular weight is 484 g/mol. The number of hydrogen-bond acceptors (Lipinski definition) is 6. The normalized spacial score (nSPS) is 11.6. The van der Waals surface area contributed by atoms with Gasteiger partial charge < -0.3 is 15.2 Å². The number of anilines is 1. The van der Waals surface area contributed by atoms with Crippen LogP contribution in [0, 0.1) is 5.82 Å². The standard InChI is InChI=1S/C24H26FN5O3S/c1-4-20(23(33)27-17-10-8-9-16(13-17)15(3)31)34-24-29-28-21(30(24)5-2)14-26-22(32)18-11-6-7-12-19(18)25/h6-13,20H,4-5,14H2,1-3H3,(H,26,32)(H,27,33). The highest BCUT2D eigenvalue weighted by atomic mass is 32.2. The zero-order valence-corrected chi connectivity index (χ0v) is 20.0. The van der Waals surface area contributed by atoms with Crippen molar-refractivity contribution >= 4 is 35.0 Å². The summed E-state index contributed by atoms with van der Waals surface area (Å²) >= 11 is 1.27. The van der Waals surface area contributed by atoms with E-state index in [0.717, 1.165) is 0 Å². The van der Waals surface area contributed by atoms with Gasteiger partial charge in [-0.25, -0.2) is 4.39 Å². The van der Waals surface area contributed by atoms with Crippen LogP contribution in [0.3, 0.4) is 0 Å². The molecule has 0 saturated heterocycles. The van der Waals surface area contributed by atoms with E-state index >= 15 is 0 Å². The monoisotopic (exact) mass is 483 g/mol. The van der Waals surface area contributed by atoms with Gasteiger partial charge in [0.2, 0.25) is 5.91 Å². The van der Waals surface area contributed by atoms with Crippen LogP contribution in [-0.2, 0) is 17.9 Å². The lowest BCUT2D eigenvalue weighted by Crippen LogP contribution is -2.26. The van der Waals surface area contributed by atoms with Crippen molar-refractivity contribution in [2.75, 3.05) is 5.32 Å². The predicted molar refractivity (Wildman–Crippen MR) is 128 cm³/mol. The molecule has 0 fully saturated rings. The number of nitrogens with zero attached hydrogens (tertiary/aromatic N) is 3. The smallest absolute Gasteiger partial charge is 0.254 e. The number of carbonyl (C=O) groups excluding carboxylic acids is 3. The molecule has 3 aromatic rings. The van der Waals surface area contributed by atoms with Crippen LogP contribution in [0.5, 0.6) is 0 Å². The van der Waals surface area contributed by atoms with Crippen molar-refractivity contribution in [3.63, 3.8) is 0 Å². The van der Waals surface area contributed by atoms with E-state index in [-0.39, 0.29) is 23.8 Å². The van der Waals surface area contributed by atoms with Gasteiger partial charge in [0, 0.05) is 17.8 Å². The highest BCUT2D eigenvalue weighted by Gasteiger charge is 2.23. The second-order valence-corrected chi connectivity index (χ2v) is 8.62. The second-order valence-electron chi connectivity index (χ2n) is 7.45. The maximum atomic E-state index is 13.8. The molecule has 178 valence electrons. The molecule has 0 aliphatic heterocycles. The fraction of sp³-hybridized carbons (Fsp3) is 0.292. The summed E-state index contributed by atoms with van der Waals surface area (Å²) in [6.07, 6.45) is 0.541. The molecule has 1 atom stereocenters. The van der Waals surface area contributed by atoms with Gasteiger partial charge in [-0.2, -0.15) is 0 Å². The van der Waals surface area contributed by atoms with Crippen molar-refractivity contribution in [1.82, 2.24) is 20.1 Å². The van der Waals surface area contributed by atoms with E-state index in [9.17, 15) is 18.8 Å². The van der Waals surface area contributed by atoms with Crippen LogP contribution in [0.4, 0.5) is 10.1 Å². The Labute approximate surface area is 201 Å². The number of ketones is 1. The van der Waals surface area contributed by atoms with Crippen LogP contribution in [0.15, 0.2) is 53.7 Å². The molecule has 2 aromatic carbocycles. The summed E-state index contributed by atoms with van der Waals surface area (Å²) in [7, 11) is 0. The third-order valence-corrected chi connectivity index (χ3v) is 6.43. The summed E-state index contributed by atoms with van der Waals surface area (Å²) in [6.45, 7) is 5.86. The van der Waals surface area contributed by atoms with Crippen LogP contribution in [-0.4, -0.2) is 37.6 Å². The third-order valence-electron chi connectivity index (χ3n) is 5.08. The molecule has 0 aliphatic carbocycles. The van der Waals surface area contributed by atoms with E-state index in [0.29, 0.717) is 35.2 Å². The number of hydrogen-bond donors (Lipinski definition) is 2. The van der Waals surface area contributed by atoms with Gasteiger partial charge in [-0.1, -0.05) is 43.0 Å². The first-order valence-electron chi connectivity index (χ1n) is 10.9. The van der Waals surface area contributed by atoms with Gasteiger partial charge in [-0.15, -0.1) is 10.2 Å². The average Bonchev–Trinajstić information content (AvgIpc) is 3.22. The van der Waals surface area contributed by atoms with Gasteiger partial charge >= 0.3 is 0 Å². The van der Waals surface area contributed by atoms with E-state index < -0.39 is 17.0 Å². The highest BCUT2D eigenvalue weighted by molar-refractivity contribution is 8.00. The molecule has 0 saturated carbocycles. The van der Waals surface area contributed by atoms with Gasteiger partial charge in [0.15, 0.2) is 16.8 Å². The van der Waals surface area contributed by atoms with Crippen LogP contribution in [0.25, 0.3) is 0 Å². The van der Waals surface area contributed by atoms with Gasteiger partial charge in [-0.3, -0.25) is 14.4 Å². The second kappa shape index (κ2) is 11.6. The Morgan fingerprint density at radius 1 is 1.09 bits per heavy atom. The lowest BCUT2D eigenvalue weighted by molar-refractivity contribution is -0.115. The van der Waals surface area contributed by atoms with Crippen molar-refractivity contribution in [2.45, 2.75) is 50.7 Å². The Hall–Kier alpha value is -3.53. The molecule has 1 unspecified atom stereocenters. The fourth-order valence-corrected chi connectivity index (χ4v) is 4.28. The molecule has 2 amide bonds. The van der Waals surface area contributed by atoms with Crippen molar-refractivity contribution < 1.29 is 18.8 Å². The predicted octanol–water partition coefficient (Wildman–Crippen LogP) is 4.08. The number of aromatic nitrogens is 3. The Kier molecular flexibility index (Phi) is 8.53. The van der Waals surface area contributed by atoms with Gasteiger partial charge in [-0.05, 0) is 44.5 Å². The third kappa shape index (κ3) is 6.07. The number of halogens is 1. The van der Waals surface area contributed by atoms with Crippen molar-refractivity contribution in [1.29, 1.82) is 0 Å². The molecule has 8 nitrogen and oxygen atoms in total. The minimum atomic E-state index is -0.598. The highest BCUT2D eigenvalue weighted by Crippen LogP contribution is 2.26. The first kappa shape index (κ1) is 25.1. The minimum absolute atomic E-state index is 0.0452. The number of nitrogens with one attached hydrogen (secondary N) is 2. The molecular weight excluding hydrogens is 457 g/mol. The number of Topliss-reactive ketones (excluding diaryl/α,β-unsaturated/α-hetero) is 1. The molecular formula is C24H26FN5O3S. The lowest BCUT2D eigenvalue weighted by atomic mass is 10.1. The topological polar surface area (TPSA) is 106 Å². The molecule has 0 radical (unpaired) electrons. The number of carbonyl (C=O) groups is 3. The molecule has 3 rings (SSSR count). The fourth-order valence-electron chi connectivity index (χ4n) is 3.24. The first-order chi connectivity index (χ1) is 16.3. The summed E-state index contributed by atoms with van der Waals surface area (Å²) in [4.78, 5) is 36.8. The summed E-state index contributed by atoms with van der Waals surface area (Å²) in [5, 5.41) is 14.0. The number of benzene rings is 2. The van der Waals surface area contributed by atoms with Crippen LogP contribution in [0.2, 0.25) is 0 Å². The number of rotatable bonds is 10. The first-order valence-corrected chi connectivity index (χ1v) is 11.7. The summed E-state index contributed by atoms with van der Waals surface area (Å²) < 4.78 is 15.6. The largest absolute Gasteiger partial charge is 0.345 e. The summed E-state index contributed by atoms with van der Waals surface area (Å²) in [5.74, 6) is -0.939. The Balaban J connectivity index is 1.67. The zero-order chi connectivity index (χ0) is 24.7.